The van der Waals surface area contributed by atoms with Crippen molar-refractivity contribution in [2.45, 2.75) is 37.8 Å². The van der Waals surface area contributed by atoms with E-state index in [-0.39, 0.29) is 17.5 Å². The number of piperidine rings is 2. The monoisotopic (exact) mass is 702 g/mol. The number of nitrogens with one attached hydrogen (secondary N) is 1. The minimum atomic E-state index is -0.472. The Morgan fingerprint density at radius 2 is 1.27 bits per heavy atom. The van der Waals surface area contributed by atoms with E-state index in [2.05, 4.69) is 55.4 Å². The number of benzene rings is 3. The van der Waals surface area contributed by atoms with Crippen LogP contribution in [-0.2, 0) is 0 Å². The molecule has 2 aliphatic rings. The van der Waals surface area contributed by atoms with Crippen LogP contribution in [0.2, 0.25) is 0 Å². The van der Waals surface area contributed by atoms with Crippen LogP contribution in [0.25, 0.3) is 21.8 Å². The van der Waals surface area contributed by atoms with Gasteiger partial charge in [-0.05, 0) is 84.7 Å². The molecule has 0 unspecified atom stereocenters. The Hall–Kier alpha value is -3.83. The van der Waals surface area contributed by atoms with Crippen molar-refractivity contribution in [2.75, 3.05) is 36.0 Å². The van der Waals surface area contributed by atoms with Crippen molar-refractivity contribution < 1.29 is 9.18 Å². The van der Waals surface area contributed by atoms with Crippen molar-refractivity contribution in [2.24, 2.45) is 5.73 Å². The number of para-hydroxylation sites is 2. The smallest absolute Gasteiger partial charge is 0.255 e. The summed E-state index contributed by atoms with van der Waals surface area (Å²) in [6.07, 6.45) is 7.55. The van der Waals surface area contributed by atoms with Crippen LogP contribution < -0.4 is 20.9 Å². The van der Waals surface area contributed by atoms with Crippen LogP contribution >= 0.6 is 22.6 Å². The molecule has 4 heterocycles. The van der Waals surface area contributed by atoms with Gasteiger partial charge in [-0.3, -0.25) is 14.8 Å². The number of nitrogens with two attached hydrogens (primary N) is 1. The van der Waals surface area contributed by atoms with E-state index in [1.807, 2.05) is 65.3 Å². The fourth-order valence-electron chi connectivity index (χ4n) is 6.09. The zero-order chi connectivity index (χ0) is 30.5. The van der Waals surface area contributed by atoms with Crippen LogP contribution in [0.4, 0.5) is 15.8 Å². The molecule has 2 fully saturated rings. The summed E-state index contributed by atoms with van der Waals surface area (Å²) >= 11 is 2.00. The second-order valence-electron chi connectivity index (χ2n) is 11.4. The molecule has 7 nitrogen and oxygen atoms in total. The Kier molecular flexibility index (Phi) is 9.51. The minimum absolute atomic E-state index is 0.0530. The van der Waals surface area contributed by atoms with E-state index in [9.17, 15) is 9.18 Å². The predicted octanol–water partition coefficient (Wildman–Crippen LogP) is 6.54. The van der Waals surface area contributed by atoms with Gasteiger partial charge in [-0.1, -0.05) is 42.5 Å². The van der Waals surface area contributed by atoms with Crippen LogP contribution in [0, 0.1) is 9.39 Å². The largest absolute Gasteiger partial charge is 0.371 e. The molecule has 0 spiro atoms. The number of carbonyl (C=O) groups is 1. The number of pyridine rings is 2. The molecular weight excluding hydrogens is 666 g/mol. The molecule has 2 aliphatic heterocycles. The van der Waals surface area contributed by atoms with Gasteiger partial charge in [-0.25, -0.2) is 4.39 Å². The summed E-state index contributed by atoms with van der Waals surface area (Å²) in [4.78, 5) is 26.1. The Morgan fingerprint density at radius 1 is 0.750 bits per heavy atom. The quantitative estimate of drug-likeness (QED) is 0.207. The van der Waals surface area contributed by atoms with Gasteiger partial charge in [-0.15, -0.1) is 0 Å². The average molecular weight is 703 g/mol. The predicted molar refractivity (Wildman–Crippen MR) is 185 cm³/mol. The first-order valence-corrected chi connectivity index (χ1v) is 16.2. The van der Waals surface area contributed by atoms with Gasteiger partial charge in [0, 0.05) is 76.4 Å². The number of hydrogen-bond donors (Lipinski definition) is 2. The summed E-state index contributed by atoms with van der Waals surface area (Å²) < 4.78 is 14.6. The lowest BCUT2D eigenvalue weighted by molar-refractivity contribution is 0.0926. The molecule has 3 N–H and O–H groups in total. The summed E-state index contributed by atoms with van der Waals surface area (Å²) in [6.45, 7) is 3.78. The molecule has 0 aliphatic carbocycles. The highest BCUT2D eigenvalue weighted by Gasteiger charge is 2.24. The molecule has 7 rings (SSSR count). The zero-order valence-electron chi connectivity index (χ0n) is 24.5. The number of amides is 1. The number of anilines is 2. The van der Waals surface area contributed by atoms with Crippen molar-refractivity contribution in [1.82, 2.24) is 15.3 Å². The van der Waals surface area contributed by atoms with Crippen molar-refractivity contribution in [3.05, 3.63) is 106 Å². The maximum absolute atomic E-state index is 14.0. The third kappa shape index (κ3) is 6.78. The molecule has 44 heavy (non-hydrogen) atoms. The molecule has 0 bridgehead atoms. The normalized spacial score (nSPS) is 16.1. The molecule has 0 radical (unpaired) electrons. The van der Waals surface area contributed by atoms with Crippen molar-refractivity contribution in [3.63, 3.8) is 0 Å². The van der Waals surface area contributed by atoms with Gasteiger partial charge in [0.1, 0.15) is 5.82 Å². The maximum Gasteiger partial charge on any atom is 0.255 e. The number of hydrogen-bond acceptors (Lipinski definition) is 6. The fourth-order valence-corrected chi connectivity index (χ4v) is 6.80. The van der Waals surface area contributed by atoms with Gasteiger partial charge in [0.15, 0.2) is 0 Å². The maximum atomic E-state index is 14.0. The Morgan fingerprint density at radius 3 is 1.82 bits per heavy atom. The van der Waals surface area contributed by atoms with Gasteiger partial charge in [-0.2, -0.15) is 0 Å². The van der Waals surface area contributed by atoms with Crippen LogP contribution in [-0.4, -0.2) is 54.1 Å². The lowest BCUT2D eigenvalue weighted by Gasteiger charge is -2.34. The van der Waals surface area contributed by atoms with Crippen LogP contribution in [0.3, 0.4) is 0 Å². The van der Waals surface area contributed by atoms with E-state index >= 15 is 0 Å². The van der Waals surface area contributed by atoms with Crippen LogP contribution in [0.15, 0.2) is 91.3 Å². The highest BCUT2D eigenvalue weighted by molar-refractivity contribution is 14.1. The van der Waals surface area contributed by atoms with E-state index in [0.717, 1.165) is 68.3 Å². The standard InChI is InChI=1S/C21H19FIN3O.C14H17N3/c22-16-5-3-6-17(23)20(16)21(27)25-14-9-12-26(13-10-14)19-8-11-24-18-7-2-1-4-15(18)19;15-11-6-9-17(10-7-11)14-5-8-16-13-4-2-1-3-12(13)14/h1-8,11,14H,9-10,12-13H2,(H,25,27);1-5,8,11H,6-7,9-10,15H2. The fraction of sp³-hybridized carbons (Fsp3) is 0.286. The molecule has 0 saturated carbocycles. The van der Waals surface area contributed by atoms with E-state index in [0.29, 0.717) is 9.61 Å². The average Bonchev–Trinajstić information content (AvgIpc) is 3.05. The first kappa shape index (κ1) is 30.2. The molecular formula is C35H36FIN6O. The third-order valence-electron chi connectivity index (χ3n) is 8.49. The van der Waals surface area contributed by atoms with Gasteiger partial charge in [0.2, 0.25) is 0 Å². The van der Waals surface area contributed by atoms with Gasteiger partial charge < -0.3 is 20.9 Å². The number of halogens is 2. The summed E-state index contributed by atoms with van der Waals surface area (Å²) in [5, 5.41) is 5.39. The van der Waals surface area contributed by atoms with Gasteiger partial charge >= 0.3 is 0 Å². The first-order chi connectivity index (χ1) is 21.5. The van der Waals surface area contributed by atoms with Crippen molar-refractivity contribution >= 4 is 61.7 Å². The van der Waals surface area contributed by atoms with Crippen LogP contribution in [0.1, 0.15) is 36.0 Å². The number of aromatic nitrogens is 2. The first-order valence-electron chi connectivity index (χ1n) is 15.2. The van der Waals surface area contributed by atoms with Crippen molar-refractivity contribution in [3.8, 4) is 0 Å². The number of fused-ring (bicyclic) bond motifs is 2. The van der Waals surface area contributed by atoms with E-state index < -0.39 is 5.82 Å². The van der Waals surface area contributed by atoms with Crippen LogP contribution in [0.5, 0.6) is 0 Å². The highest BCUT2D eigenvalue weighted by Crippen LogP contribution is 2.29. The Labute approximate surface area is 270 Å². The Balaban J connectivity index is 0.000000173. The number of nitrogens with zero attached hydrogens (tertiary/aromatic N) is 4. The summed E-state index contributed by atoms with van der Waals surface area (Å²) in [6, 6.07) is 25.7. The van der Waals surface area contributed by atoms with E-state index in [4.69, 9.17) is 5.73 Å². The third-order valence-corrected chi connectivity index (χ3v) is 9.39. The molecule has 0 atom stereocenters. The molecule has 1 amide bonds. The topological polar surface area (TPSA) is 87.4 Å². The second kappa shape index (κ2) is 13.9. The highest BCUT2D eigenvalue weighted by atomic mass is 127. The summed E-state index contributed by atoms with van der Waals surface area (Å²) in [5.41, 5.74) is 10.6. The lowest BCUT2D eigenvalue weighted by atomic mass is 10.0. The van der Waals surface area contributed by atoms with E-state index in [1.165, 1.54) is 22.8 Å². The molecule has 2 saturated heterocycles. The summed E-state index contributed by atoms with van der Waals surface area (Å²) in [5.74, 6) is -0.801. The molecule has 5 aromatic rings. The molecule has 9 heteroatoms. The lowest BCUT2D eigenvalue weighted by Crippen LogP contribution is -2.45. The summed E-state index contributed by atoms with van der Waals surface area (Å²) in [7, 11) is 0. The van der Waals surface area contributed by atoms with Gasteiger partial charge in [0.25, 0.3) is 5.91 Å². The van der Waals surface area contributed by atoms with E-state index in [1.54, 1.807) is 12.1 Å². The molecule has 226 valence electrons. The second-order valence-corrected chi connectivity index (χ2v) is 12.5. The number of rotatable bonds is 4. The van der Waals surface area contributed by atoms with Crippen molar-refractivity contribution in [1.29, 1.82) is 0 Å². The van der Waals surface area contributed by atoms with Gasteiger partial charge in [0.05, 0.1) is 16.6 Å². The molecule has 2 aromatic heterocycles. The number of carbonyl (C=O) groups excluding carboxylic acids is 1. The zero-order valence-corrected chi connectivity index (χ0v) is 26.7. The Bertz CT molecular complexity index is 1720. The SMILES string of the molecule is NC1CCN(c2ccnc3ccccc23)CC1.O=C(NC1CCN(c2ccnc3ccccc23)CC1)c1c(F)cccc1I. The molecule has 3 aromatic carbocycles. The minimum Gasteiger partial charge on any atom is -0.371 e.